The van der Waals surface area contributed by atoms with Gasteiger partial charge in [0.15, 0.2) is 0 Å². The molecule has 1 aromatic heterocycles. The average Bonchev–Trinajstić information content (AvgIpc) is 2.28. The molecule has 0 aliphatic carbocycles. The Hall–Kier alpha value is -1.25. The highest BCUT2D eigenvalue weighted by Gasteiger charge is 2.16. The van der Waals surface area contributed by atoms with E-state index in [4.69, 9.17) is 0 Å². The Morgan fingerprint density at radius 3 is 2.18 bits per heavy atom. The van der Waals surface area contributed by atoms with Crippen LogP contribution < -0.4 is 10.6 Å². The van der Waals surface area contributed by atoms with Crippen molar-refractivity contribution in [1.82, 2.24) is 4.98 Å². The summed E-state index contributed by atoms with van der Waals surface area (Å²) in [5, 5.41) is 6.58. The van der Waals surface area contributed by atoms with Gasteiger partial charge in [-0.2, -0.15) is 0 Å². The summed E-state index contributed by atoms with van der Waals surface area (Å²) in [5.41, 5.74) is 2.13. The van der Waals surface area contributed by atoms with Gasteiger partial charge in [0.1, 0.15) is 0 Å². The van der Waals surface area contributed by atoms with Crippen LogP contribution in [0.4, 0.5) is 11.4 Å². The Morgan fingerprint density at radius 2 is 1.65 bits per heavy atom. The van der Waals surface area contributed by atoms with Crippen LogP contribution in [0, 0.1) is 17.8 Å². The Labute approximate surface area is 105 Å². The first kappa shape index (κ1) is 13.8. The Kier molecular flexibility index (Phi) is 5.26. The summed E-state index contributed by atoms with van der Waals surface area (Å²) in [5.74, 6) is 2.08. The smallest absolute Gasteiger partial charge is 0.0547 e. The van der Waals surface area contributed by atoms with Gasteiger partial charge in [-0.3, -0.25) is 4.98 Å². The zero-order valence-electron chi connectivity index (χ0n) is 11.6. The maximum absolute atomic E-state index is 4.20. The van der Waals surface area contributed by atoms with Crippen molar-refractivity contribution < 1.29 is 0 Å². The van der Waals surface area contributed by atoms with E-state index < -0.39 is 0 Å². The van der Waals surface area contributed by atoms with Crippen molar-refractivity contribution in [1.29, 1.82) is 0 Å². The number of anilines is 2. The van der Waals surface area contributed by atoms with Crippen LogP contribution in [0.1, 0.15) is 27.7 Å². The number of rotatable bonds is 6. The molecule has 0 atom stereocenters. The summed E-state index contributed by atoms with van der Waals surface area (Å²) in [7, 11) is 1.91. The molecule has 0 bridgehead atoms. The molecule has 1 aromatic rings. The van der Waals surface area contributed by atoms with Gasteiger partial charge in [-0.05, 0) is 23.8 Å². The normalized spacial score (nSPS) is 11.3. The van der Waals surface area contributed by atoms with Gasteiger partial charge in [0, 0.05) is 13.6 Å². The van der Waals surface area contributed by atoms with Gasteiger partial charge in [0.2, 0.25) is 0 Å². The minimum Gasteiger partial charge on any atom is -0.387 e. The van der Waals surface area contributed by atoms with Gasteiger partial charge < -0.3 is 10.6 Å². The highest BCUT2D eigenvalue weighted by molar-refractivity contribution is 5.53. The molecule has 1 rings (SSSR count). The summed E-state index contributed by atoms with van der Waals surface area (Å²) in [6.07, 6.45) is 3.70. The predicted octanol–water partition coefficient (Wildman–Crippen LogP) is 3.46. The second kappa shape index (κ2) is 6.48. The van der Waals surface area contributed by atoms with Crippen LogP contribution in [-0.4, -0.2) is 18.6 Å². The molecule has 3 nitrogen and oxygen atoms in total. The first-order valence-electron chi connectivity index (χ1n) is 6.41. The zero-order valence-corrected chi connectivity index (χ0v) is 11.6. The quantitative estimate of drug-likeness (QED) is 0.793. The Morgan fingerprint density at radius 1 is 1.06 bits per heavy atom. The SMILES string of the molecule is CNc1cncc(NCC(C(C)C)C(C)C)c1. The van der Waals surface area contributed by atoms with Crippen LogP contribution in [0.5, 0.6) is 0 Å². The van der Waals surface area contributed by atoms with E-state index in [1.54, 1.807) is 0 Å². The lowest BCUT2D eigenvalue weighted by atomic mass is 9.85. The van der Waals surface area contributed by atoms with Crippen molar-refractivity contribution >= 4 is 11.4 Å². The van der Waals surface area contributed by atoms with E-state index in [1.165, 1.54) is 0 Å². The number of aromatic nitrogens is 1. The van der Waals surface area contributed by atoms with Crippen molar-refractivity contribution in [3.05, 3.63) is 18.5 Å². The summed E-state index contributed by atoms with van der Waals surface area (Å²) < 4.78 is 0. The van der Waals surface area contributed by atoms with Crippen molar-refractivity contribution in [3.8, 4) is 0 Å². The first-order valence-corrected chi connectivity index (χ1v) is 6.41. The largest absolute Gasteiger partial charge is 0.387 e. The van der Waals surface area contributed by atoms with Crippen LogP contribution in [0.3, 0.4) is 0 Å². The summed E-state index contributed by atoms with van der Waals surface area (Å²) in [4.78, 5) is 4.20. The predicted molar refractivity (Wildman–Crippen MR) is 75.4 cm³/mol. The lowest BCUT2D eigenvalue weighted by molar-refractivity contribution is 0.304. The molecule has 1 heterocycles. The third-order valence-corrected chi connectivity index (χ3v) is 3.28. The standard InChI is InChI=1S/C14H25N3/c1-10(2)14(11(3)4)9-17-13-6-12(15-5)7-16-8-13/h6-8,10-11,14-15,17H,9H2,1-5H3. The molecule has 17 heavy (non-hydrogen) atoms. The van der Waals surface area contributed by atoms with E-state index in [-0.39, 0.29) is 0 Å². The van der Waals surface area contributed by atoms with Gasteiger partial charge in [-0.15, -0.1) is 0 Å². The fourth-order valence-electron chi connectivity index (χ4n) is 2.15. The Bertz CT molecular complexity index is 326. The van der Waals surface area contributed by atoms with Gasteiger partial charge in [0.05, 0.1) is 23.8 Å². The lowest BCUT2D eigenvalue weighted by Gasteiger charge is -2.25. The number of nitrogens with one attached hydrogen (secondary N) is 2. The highest BCUT2D eigenvalue weighted by atomic mass is 14.9. The summed E-state index contributed by atoms with van der Waals surface area (Å²) in [6, 6.07) is 2.09. The molecular weight excluding hydrogens is 210 g/mol. The van der Waals surface area contributed by atoms with E-state index in [0.717, 1.165) is 17.9 Å². The molecule has 3 heteroatoms. The fourth-order valence-corrected chi connectivity index (χ4v) is 2.15. The molecule has 0 saturated heterocycles. The average molecular weight is 235 g/mol. The molecule has 0 radical (unpaired) electrons. The molecular formula is C14H25N3. The molecule has 0 aliphatic rings. The second-order valence-electron chi connectivity index (χ2n) is 5.25. The highest BCUT2D eigenvalue weighted by Crippen LogP contribution is 2.21. The topological polar surface area (TPSA) is 37.0 Å². The maximum Gasteiger partial charge on any atom is 0.0547 e. The van der Waals surface area contributed by atoms with Gasteiger partial charge >= 0.3 is 0 Å². The molecule has 0 unspecified atom stereocenters. The number of hydrogen-bond acceptors (Lipinski definition) is 3. The monoisotopic (exact) mass is 235 g/mol. The van der Waals surface area contributed by atoms with Crippen LogP contribution in [0.25, 0.3) is 0 Å². The molecule has 0 fully saturated rings. The van der Waals surface area contributed by atoms with Gasteiger partial charge in [-0.25, -0.2) is 0 Å². The summed E-state index contributed by atoms with van der Waals surface area (Å²) >= 11 is 0. The first-order chi connectivity index (χ1) is 8.04. The van der Waals surface area contributed by atoms with Crippen LogP contribution in [0.15, 0.2) is 18.5 Å². The second-order valence-corrected chi connectivity index (χ2v) is 5.25. The molecule has 96 valence electrons. The van der Waals surface area contributed by atoms with Crippen LogP contribution >= 0.6 is 0 Å². The maximum atomic E-state index is 4.20. The van der Waals surface area contributed by atoms with Gasteiger partial charge in [-0.1, -0.05) is 27.7 Å². The zero-order chi connectivity index (χ0) is 12.8. The molecule has 0 amide bonds. The minimum atomic E-state index is 0.688. The fraction of sp³-hybridized carbons (Fsp3) is 0.643. The van der Waals surface area contributed by atoms with Gasteiger partial charge in [0.25, 0.3) is 0 Å². The molecule has 0 aliphatic heterocycles. The van der Waals surface area contributed by atoms with E-state index in [9.17, 15) is 0 Å². The lowest BCUT2D eigenvalue weighted by Crippen LogP contribution is -2.24. The van der Waals surface area contributed by atoms with E-state index in [2.05, 4.69) is 49.4 Å². The molecule has 0 aromatic carbocycles. The van der Waals surface area contributed by atoms with E-state index >= 15 is 0 Å². The van der Waals surface area contributed by atoms with Crippen molar-refractivity contribution in [2.75, 3.05) is 24.2 Å². The number of hydrogen-bond donors (Lipinski definition) is 2. The molecule has 0 spiro atoms. The van der Waals surface area contributed by atoms with Crippen molar-refractivity contribution in [2.45, 2.75) is 27.7 Å². The third kappa shape index (κ3) is 4.25. The number of pyridine rings is 1. The molecule has 0 saturated carbocycles. The van der Waals surface area contributed by atoms with Crippen molar-refractivity contribution in [3.63, 3.8) is 0 Å². The molecule has 2 N–H and O–H groups in total. The summed E-state index contributed by atoms with van der Waals surface area (Å²) in [6.45, 7) is 10.1. The van der Waals surface area contributed by atoms with Crippen molar-refractivity contribution in [2.24, 2.45) is 17.8 Å². The third-order valence-electron chi connectivity index (χ3n) is 3.28. The number of nitrogens with zero attached hydrogens (tertiary/aromatic N) is 1. The van der Waals surface area contributed by atoms with E-state index in [0.29, 0.717) is 17.8 Å². The van der Waals surface area contributed by atoms with Crippen LogP contribution in [-0.2, 0) is 0 Å². The van der Waals surface area contributed by atoms with Crippen LogP contribution in [0.2, 0.25) is 0 Å². The van der Waals surface area contributed by atoms with E-state index in [1.807, 2.05) is 19.4 Å². The Balaban J connectivity index is 2.59. The minimum absolute atomic E-state index is 0.688.